The minimum atomic E-state index is -4.83. The molecule has 0 saturated carbocycles. The topological polar surface area (TPSA) is 42.2 Å². The monoisotopic (exact) mass is 307 g/mol. The van der Waals surface area contributed by atoms with Crippen molar-refractivity contribution in [2.24, 2.45) is 0 Å². The van der Waals surface area contributed by atoms with Crippen LogP contribution in [0.15, 0.2) is 42.5 Å². The first-order chi connectivity index (χ1) is 10.4. The van der Waals surface area contributed by atoms with E-state index in [1.54, 1.807) is 30.3 Å². The maximum Gasteiger partial charge on any atom is 0.573 e. The average molecular weight is 307 g/mol. The zero-order valence-corrected chi connectivity index (χ0v) is 11.6. The highest BCUT2D eigenvalue weighted by atomic mass is 19.4. The van der Waals surface area contributed by atoms with Crippen LogP contribution in [0.2, 0.25) is 0 Å². The number of hydrogen-bond acceptors (Lipinski definition) is 3. The van der Waals surface area contributed by atoms with Crippen molar-refractivity contribution in [2.75, 3.05) is 6.61 Å². The molecule has 0 saturated heterocycles. The molecule has 0 aliphatic carbocycles. The number of benzene rings is 2. The van der Waals surface area contributed by atoms with Gasteiger partial charge in [0, 0.05) is 5.56 Å². The van der Waals surface area contributed by atoms with Gasteiger partial charge in [-0.3, -0.25) is 0 Å². The predicted octanol–water partition coefficient (Wildman–Crippen LogP) is 4.52. The number of hydrogen-bond donors (Lipinski definition) is 0. The van der Waals surface area contributed by atoms with Crippen LogP contribution in [0.4, 0.5) is 13.2 Å². The lowest BCUT2D eigenvalue weighted by Crippen LogP contribution is -2.17. The molecule has 2 aromatic rings. The van der Waals surface area contributed by atoms with Crippen molar-refractivity contribution in [3.05, 3.63) is 48.0 Å². The molecule has 0 radical (unpaired) electrons. The number of rotatable bonds is 4. The summed E-state index contributed by atoms with van der Waals surface area (Å²) in [5.74, 6) is 0.217. The highest BCUT2D eigenvalue weighted by molar-refractivity contribution is 5.72. The van der Waals surface area contributed by atoms with E-state index in [2.05, 4.69) is 4.74 Å². The number of alkyl halides is 3. The second kappa shape index (κ2) is 6.39. The minimum Gasteiger partial charge on any atom is -0.494 e. The molecule has 0 fully saturated rings. The van der Waals surface area contributed by atoms with Crippen molar-refractivity contribution in [1.82, 2.24) is 0 Å². The molecular formula is C16H12F3NO2. The Labute approximate surface area is 125 Å². The van der Waals surface area contributed by atoms with Crippen LogP contribution in [0.3, 0.4) is 0 Å². The molecule has 2 aromatic carbocycles. The lowest BCUT2D eigenvalue weighted by atomic mass is 10.0. The molecule has 0 aliphatic heterocycles. The molecule has 114 valence electrons. The first kappa shape index (κ1) is 15.7. The molecular weight excluding hydrogens is 295 g/mol. The van der Waals surface area contributed by atoms with E-state index in [0.29, 0.717) is 17.9 Å². The highest BCUT2D eigenvalue weighted by Gasteiger charge is 2.32. The van der Waals surface area contributed by atoms with E-state index < -0.39 is 12.1 Å². The highest BCUT2D eigenvalue weighted by Crippen LogP contribution is 2.35. The Bertz CT molecular complexity index is 688. The molecule has 0 amide bonds. The maximum absolute atomic E-state index is 12.5. The second-order valence-electron chi connectivity index (χ2n) is 4.33. The van der Waals surface area contributed by atoms with Crippen LogP contribution in [-0.2, 0) is 0 Å². The molecule has 0 unspecified atom stereocenters. The lowest BCUT2D eigenvalue weighted by Gasteiger charge is -2.14. The fourth-order valence-corrected chi connectivity index (χ4v) is 1.94. The standard InChI is InChI=1S/C16H12F3NO2/c1-2-21-13-6-4-12(5-7-13)14-8-3-11(10-20)9-15(14)22-16(17,18)19/h3-9H,2H2,1H3. The molecule has 0 heterocycles. The zero-order chi connectivity index (χ0) is 16.2. The summed E-state index contributed by atoms with van der Waals surface area (Å²) in [6.07, 6.45) is -4.83. The molecule has 0 aromatic heterocycles. The van der Waals surface area contributed by atoms with Gasteiger partial charge in [0.15, 0.2) is 0 Å². The van der Waals surface area contributed by atoms with Gasteiger partial charge in [-0.25, -0.2) is 0 Å². The van der Waals surface area contributed by atoms with Crippen molar-refractivity contribution in [2.45, 2.75) is 13.3 Å². The van der Waals surface area contributed by atoms with Gasteiger partial charge in [-0.1, -0.05) is 12.1 Å². The van der Waals surface area contributed by atoms with Crippen LogP contribution in [0.5, 0.6) is 11.5 Å². The minimum absolute atomic E-state index is 0.0916. The first-order valence-electron chi connectivity index (χ1n) is 6.46. The van der Waals surface area contributed by atoms with Crippen molar-refractivity contribution in [3.63, 3.8) is 0 Å². The third-order valence-electron chi connectivity index (χ3n) is 2.81. The second-order valence-corrected chi connectivity index (χ2v) is 4.33. The van der Waals surface area contributed by atoms with Crippen LogP contribution in [0, 0.1) is 11.3 Å². The maximum atomic E-state index is 12.5. The number of halogens is 3. The first-order valence-corrected chi connectivity index (χ1v) is 6.46. The van der Waals surface area contributed by atoms with Crippen LogP contribution in [0.25, 0.3) is 11.1 Å². The van der Waals surface area contributed by atoms with E-state index in [4.69, 9.17) is 10.00 Å². The van der Waals surface area contributed by atoms with Crippen LogP contribution < -0.4 is 9.47 Å². The fraction of sp³-hybridized carbons (Fsp3) is 0.188. The summed E-state index contributed by atoms with van der Waals surface area (Å²) >= 11 is 0. The molecule has 2 rings (SSSR count). The Morgan fingerprint density at radius 1 is 1.09 bits per heavy atom. The summed E-state index contributed by atoms with van der Waals surface area (Å²) in [6.45, 7) is 2.34. The van der Waals surface area contributed by atoms with Crippen molar-refractivity contribution < 1.29 is 22.6 Å². The quantitative estimate of drug-likeness (QED) is 0.834. The third kappa shape index (κ3) is 3.92. The van der Waals surface area contributed by atoms with E-state index in [9.17, 15) is 13.2 Å². The van der Waals surface area contributed by atoms with Gasteiger partial charge in [-0.15, -0.1) is 13.2 Å². The van der Waals surface area contributed by atoms with E-state index in [1.807, 2.05) is 6.92 Å². The van der Waals surface area contributed by atoms with Crippen molar-refractivity contribution in [3.8, 4) is 28.7 Å². The fourth-order valence-electron chi connectivity index (χ4n) is 1.94. The van der Waals surface area contributed by atoms with Gasteiger partial charge in [0.25, 0.3) is 0 Å². The number of nitrogens with zero attached hydrogens (tertiary/aromatic N) is 1. The molecule has 3 nitrogen and oxygen atoms in total. The Balaban J connectivity index is 2.43. The average Bonchev–Trinajstić information content (AvgIpc) is 2.47. The summed E-state index contributed by atoms with van der Waals surface area (Å²) in [6, 6.07) is 12.3. The summed E-state index contributed by atoms with van der Waals surface area (Å²) in [4.78, 5) is 0. The Morgan fingerprint density at radius 2 is 1.77 bits per heavy atom. The smallest absolute Gasteiger partial charge is 0.494 e. The Morgan fingerprint density at radius 3 is 2.32 bits per heavy atom. The van der Waals surface area contributed by atoms with Gasteiger partial charge in [0.05, 0.1) is 18.2 Å². The van der Waals surface area contributed by atoms with Gasteiger partial charge in [0.2, 0.25) is 0 Å². The summed E-state index contributed by atoms with van der Waals surface area (Å²) in [7, 11) is 0. The van der Waals surface area contributed by atoms with E-state index in [0.717, 1.165) is 6.07 Å². The molecule has 22 heavy (non-hydrogen) atoms. The summed E-state index contributed by atoms with van der Waals surface area (Å²) in [5.41, 5.74) is 0.875. The summed E-state index contributed by atoms with van der Waals surface area (Å²) in [5, 5.41) is 8.81. The molecule has 0 spiro atoms. The van der Waals surface area contributed by atoms with Gasteiger partial charge < -0.3 is 9.47 Å². The van der Waals surface area contributed by atoms with Crippen molar-refractivity contribution >= 4 is 0 Å². The SMILES string of the molecule is CCOc1ccc(-c2ccc(C#N)cc2OC(F)(F)F)cc1. The van der Waals surface area contributed by atoms with Crippen molar-refractivity contribution in [1.29, 1.82) is 5.26 Å². The number of ether oxygens (including phenoxy) is 2. The van der Waals surface area contributed by atoms with Gasteiger partial charge >= 0.3 is 6.36 Å². The molecule has 0 bridgehead atoms. The van der Waals surface area contributed by atoms with Crippen LogP contribution >= 0.6 is 0 Å². The zero-order valence-electron chi connectivity index (χ0n) is 11.6. The third-order valence-corrected chi connectivity index (χ3v) is 2.81. The molecule has 0 atom stereocenters. The van der Waals surface area contributed by atoms with Gasteiger partial charge in [0.1, 0.15) is 11.5 Å². The van der Waals surface area contributed by atoms with Gasteiger partial charge in [-0.05, 0) is 42.8 Å². The molecule has 0 aliphatic rings. The van der Waals surface area contributed by atoms with E-state index in [1.165, 1.54) is 12.1 Å². The van der Waals surface area contributed by atoms with Crippen LogP contribution in [-0.4, -0.2) is 13.0 Å². The molecule has 6 heteroatoms. The Hall–Kier alpha value is -2.68. The van der Waals surface area contributed by atoms with Crippen LogP contribution in [0.1, 0.15) is 12.5 Å². The molecule has 0 N–H and O–H groups in total. The lowest BCUT2D eigenvalue weighted by molar-refractivity contribution is -0.274. The predicted molar refractivity (Wildman–Crippen MR) is 74.4 cm³/mol. The van der Waals surface area contributed by atoms with E-state index in [-0.39, 0.29) is 11.1 Å². The van der Waals surface area contributed by atoms with E-state index >= 15 is 0 Å². The van der Waals surface area contributed by atoms with Gasteiger partial charge in [-0.2, -0.15) is 5.26 Å². The number of nitriles is 1. The summed E-state index contributed by atoms with van der Waals surface area (Å²) < 4.78 is 46.9. The normalized spacial score (nSPS) is 10.9. The Kier molecular flexibility index (Phi) is 4.56. The largest absolute Gasteiger partial charge is 0.573 e.